The van der Waals surface area contributed by atoms with Gasteiger partial charge < -0.3 is 14.5 Å². The summed E-state index contributed by atoms with van der Waals surface area (Å²) in [7, 11) is 0. The summed E-state index contributed by atoms with van der Waals surface area (Å²) in [5.74, 6) is -0.0675. The van der Waals surface area contributed by atoms with Crippen LogP contribution in [-0.4, -0.2) is 54.4 Å². The molecule has 1 fully saturated rings. The summed E-state index contributed by atoms with van der Waals surface area (Å²) in [6.45, 7) is 3.28. The highest BCUT2D eigenvalue weighted by atomic mass is 19.4. The lowest BCUT2D eigenvalue weighted by Crippen LogP contribution is -2.38. The molecule has 0 spiro atoms. The van der Waals surface area contributed by atoms with Crippen molar-refractivity contribution in [3.63, 3.8) is 0 Å². The molecule has 0 unspecified atom stereocenters. The number of alkyl halides is 3. The number of carbonyl (C=O) groups excluding carboxylic acids is 2. The third kappa shape index (κ3) is 4.87. The molecule has 0 saturated carbocycles. The number of amides is 2. The number of ether oxygens (including phenoxy) is 1. The molecule has 24 heavy (non-hydrogen) atoms. The van der Waals surface area contributed by atoms with Crippen LogP contribution in [0.1, 0.15) is 18.9 Å². The molecule has 0 atom stereocenters. The maximum atomic E-state index is 12.5. The zero-order valence-corrected chi connectivity index (χ0v) is 13.3. The van der Waals surface area contributed by atoms with Crippen molar-refractivity contribution >= 4 is 11.8 Å². The van der Waals surface area contributed by atoms with Gasteiger partial charge in [0.1, 0.15) is 5.75 Å². The largest absolute Gasteiger partial charge is 0.484 e. The van der Waals surface area contributed by atoms with Gasteiger partial charge in [-0.15, -0.1) is 0 Å². The molecule has 0 aromatic heterocycles. The van der Waals surface area contributed by atoms with E-state index >= 15 is 0 Å². The number of rotatable bonds is 3. The SMILES string of the molecule is CC(=O)N1CCCN(C(=O)COc2ccc(C(F)(F)F)cc2)CC1. The first-order chi connectivity index (χ1) is 11.3. The van der Waals surface area contributed by atoms with Gasteiger partial charge in [0, 0.05) is 33.1 Å². The molecule has 8 heteroatoms. The average Bonchev–Trinajstić information content (AvgIpc) is 2.78. The predicted molar refractivity (Wildman–Crippen MR) is 80.4 cm³/mol. The van der Waals surface area contributed by atoms with E-state index in [0.29, 0.717) is 32.6 Å². The number of carbonyl (C=O) groups is 2. The van der Waals surface area contributed by atoms with E-state index in [9.17, 15) is 22.8 Å². The summed E-state index contributed by atoms with van der Waals surface area (Å²) in [5, 5.41) is 0. The first kappa shape index (κ1) is 18.1. The summed E-state index contributed by atoms with van der Waals surface area (Å²) < 4.78 is 42.7. The first-order valence-electron chi connectivity index (χ1n) is 7.61. The molecular weight excluding hydrogens is 325 g/mol. The van der Waals surface area contributed by atoms with E-state index in [1.54, 1.807) is 9.80 Å². The van der Waals surface area contributed by atoms with Gasteiger partial charge in [-0.2, -0.15) is 13.2 Å². The van der Waals surface area contributed by atoms with Gasteiger partial charge >= 0.3 is 6.18 Å². The van der Waals surface area contributed by atoms with Crippen LogP contribution in [0, 0.1) is 0 Å². The van der Waals surface area contributed by atoms with E-state index in [0.717, 1.165) is 12.1 Å². The van der Waals surface area contributed by atoms with Gasteiger partial charge in [0.05, 0.1) is 5.56 Å². The molecule has 0 bridgehead atoms. The minimum absolute atomic E-state index is 0.0229. The minimum Gasteiger partial charge on any atom is -0.484 e. The lowest BCUT2D eigenvalue weighted by Gasteiger charge is -2.21. The highest BCUT2D eigenvalue weighted by Crippen LogP contribution is 2.30. The summed E-state index contributed by atoms with van der Waals surface area (Å²) in [6, 6.07) is 4.21. The Labute approximate surface area is 138 Å². The molecule has 5 nitrogen and oxygen atoms in total. The Bertz CT molecular complexity index is 587. The van der Waals surface area contributed by atoms with Crippen LogP contribution in [0.5, 0.6) is 5.75 Å². The van der Waals surface area contributed by atoms with E-state index in [-0.39, 0.29) is 24.2 Å². The van der Waals surface area contributed by atoms with Gasteiger partial charge in [0.2, 0.25) is 5.91 Å². The summed E-state index contributed by atoms with van der Waals surface area (Å²) >= 11 is 0. The number of halogens is 3. The van der Waals surface area contributed by atoms with Crippen molar-refractivity contribution in [1.82, 2.24) is 9.80 Å². The van der Waals surface area contributed by atoms with Crippen molar-refractivity contribution in [2.24, 2.45) is 0 Å². The second kappa shape index (κ2) is 7.55. The average molecular weight is 344 g/mol. The molecule has 1 aliphatic heterocycles. The van der Waals surface area contributed by atoms with Crippen LogP contribution >= 0.6 is 0 Å². The number of hydrogen-bond donors (Lipinski definition) is 0. The van der Waals surface area contributed by atoms with E-state index in [4.69, 9.17) is 4.74 Å². The fourth-order valence-electron chi connectivity index (χ4n) is 2.46. The van der Waals surface area contributed by atoms with Crippen LogP contribution in [-0.2, 0) is 15.8 Å². The second-order valence-electron chi connectivity index (χ2n) is 5.55. The zero-order chi connectivity index (χ0) is 17.7. The normalized spacial score (nSPS) is 15.8. The van der Waals surface area contributed by atoms with Crippen LogP contribution in [0.2, 0.25) is 0 Å². The summed E-state index contributed by atoms with van der Waals surface area (Å²) in [6.07, 6.45) is -3.71. The molecule has 1 aromatic rings. The molecule has 1 heterocycles. The molecular formula is C16H19F3N2O3. The van der Waals surface area contributed by atoms with Crippen molar-refractivity contribution in [2.45, 2.75) is 19.5 Å². The maximum absolute atomic E-state index is 12.5. The first-order valence-corrected chi connectivity index (χ1v) is 7.61. The van der Waals surface area contributed by atoms with Crippen LogP contribution in [0.3, 0.4) is 0 Å². The monoisotopic (exact) mass is 344 g/mol. The number of nitrogens with zero attached hydrogens (tertiary/aromatic N) is 2. The van der Waals surface area contributed by atoms with E-state index < -0.39 is 11.7 Å². The predicted octanol–water partition coefficient (Wildman–Crippen LogP) is 2.17. The fourth-order valence-corrected chi connectivity index (χ4v) is 2.46. The Kier molecular flexibility index (Phi) is 5.69. The van der Waals surface area contributed by atoms with E-state index in [1.807, 2.05) is 0 Å². The van der Waals surface area contributed by atoms with Gasteiger partial charge in [-0.3, -0.25) is 9.59 Å². The Morgan fingerprint density at radius 1 is 1.04 bits per heavy atom. The fraction of sp³-hybridized carbons (Fsp3) is 0.500. The molecule has 0 aliphatic carbocycles. The lowest BCUT2D eigenvalue weighted by molar-refractivity contribution is -0.137. The molecule has 132 valence electrons. The highest BCUT2D eigenvalue weighted by Gasteiger charge is 2.30. The third-order valence-corrected chi connectivity index (χ3v) is 3.84. The standard InChI is InChI=1S/C16H19F3N2O3/c1-12(22)20-7-2-8-21(10-9-20)15(23)11-24-14-5-3-13(4-6-14)16(17,18)19/h3-6H,2,7-11H2,1H3. The Hall–Kier alpha value is -2.25. The zero-order valence-electron chi connectivity index (χ0n) is 13.3. The number of benzene rings is 1. The highest BCUT2D eigenvalue weighted by molar-refractivity contribution is 5.78. The Morgan fingerprint density at radius 2 is 1.62 bits per heavy atom. The molecule has 1 saturated heterocycles. The van der Waals surface area contributed by atoms with Crippen LogP contribution in [0.25, 0.3) is 0 Å². The quantitative estimate of drug-likeness (QED) is 0.844. The third-order valence-electron chi connectivity index (χ3n) is 3.84. The van der Waals surface area contributed by atoms with Crippen molar-refractivity contribution in [2.75, 3.05) is 32.8 Å². The molecule has 0 radical (unpaired) electrons. The van der Waals surface area contributed by atoms with E-state index in [1.165, 1.54) is 19.1 Å². The van der Waals surface area contributed by atoms with Crippen LogP contribution in [0.15, 0.2) is 24.3 Å². The van der Waals surface area contributed by atoms with Crippen LogP contribution < -0.4 is 4.74 Å². The van der Waals surface area contributed by atoms with Crippen molar-refractivity contribution in [1.29, 1.82) is 0 Å². The van der Waals surface area contributed by atoms with Crippen molar-refractivity contribution < 1.29 is 27.5 Å². The smallest absolute Gasteiger partial charge is 0.416 e. The lowest BCUT2D eigenvalue weighted by atomic mass is 10.2. The van der Waals surface area contributed by atoms with Gasteiger partial charge in [-0.1, -0.05) is 0 Å². The molecule has 2 rings (SSSR count). The Morgan fingerprint density at radius 3 is 2.21 bits per heavy atom. The van der Waals surface area contributed by atoms with Gasteiger partial charge in [-0.05, 0) is 30.7 Å². The van der Waals surface area contributed by atoms with Gasteiger partial charge in [0.25, 0.3) is 5.91 Å². The van der Waals surface area contributed by atoms with Gasteiger partial charge in [-0.25, -0.2) is 0 Å². The molecule has 1 aromatic carbocycles. The van der Waals surface area contributed by atoms with Crippen LogP contribution in [0.4, 0.5) is 13.2 Å². The molecule has 0 N–H and O–H groups in total. The summed E-state index contributed by atoms with van der Waals surface area (Å²) in [4.78, 5) is 26.8. The second-order valence-corrected chi connectivity index (χ2v) is 5.55. The van der Waals surface area contributed by atoms with Gasteiger partial charge in [0.15, 0.2) is 6.61 Å². The minimum atomic E-state index is -4.40. The topological polar surface area (TPSA) is 49.9 Å². The molecule has 1 aliphatic rings. The number of hydrogen-bond acceptors (Lipinski definition) is 3. The maximum Gasteiger partial charge on any atom is 0.416 e. The van der Waals surface area contributed by atoms with Crippen molar-refractivity contribution in [3.05, 3.63) is 29.8 Å². The van der Waals surface area contributed by atoms with Crippen molar-refractivity contribution in [3.8, 4) is 5.75 Å². The molecule has 2 amide bonds. The summed E-state index contributed by atoms with van der Waals surface area (Å²) in [5.41, 5.74) is -0.766. The Balaban J connectivity index is 1.85. The van der Waals surface area contributed by atoms with E-state index in [2.05, 4.69) is 0 Å².